The molecule has 2 heterocycles. The highest BCUT2D eigenvalue weighted by Gasteiger charge is 2.10. The molecule has 0 saturated carbocycles. The van der Waals surface area contributed by atoms with Gasteiger partial charge in [0.05, 0.1) is 6.04 Å². The van der Waals surface area contributed by atoms with E-state index >= 15 is 0 Å². The number of halogens is 1. The molecule has 1 unspecified atom stereocenters. The van der Waals surface area contributed by atoms with Crippen LogP contribution in [0, 0.1) is 0 Å². The Labute approximate surface area is 116 Å². The van der Waals surface area contributed by atoms with E-state index in [1.807, 2.05) is 13.8 Å². The summed E-state index contributed by atoms with van der Waals surface area (Å²) < 4.78 is 5.28. The average Bonchev–Trinajstić information content (AvgIpc) is 2.89. The molecule has 0 saturated heterocycles. The van der Waals surface area contributed by atoms with Crippen molar-refractivity contribution in [3.05, 3.63) is 35.3 Å². The van der Waals surface area contributed by atoms with E-state index in [0.29, 0.717) is 30.0 Å². The largest absolute Gasteiger partial charge is 0.374 e. The molecular formula is C12H16ClN5O. The highest BCUT2D eigenvalue weighted by atomic mass is 35.5. The van der Waals surface area contributed by atoms with Crippen LogP contribution in [0.4, 0.5) is 5.82 Å². The van der Waals surface area contributed by atoms with Gasteiger partial charge in [0.25, 0.3) is 0 Å². The Hall–Kier alpha value is -1.66. The number of nitrogens with zero attached hydrogens (tertiary/aromatic N) is 3. The van der Waals surface area contributed by atoms with Crippen molar-refractivity contribution in [2.24, 2.45) is 0 Å². The van der Waals surface area contributed by atoms with Crippen molar-refractivity contribution >= 4 is 17.4 Å². The van der Waals surface area contributed by atoms with Gasteiger partial charge in [-0.25, -0.2) is 15.0 Å². The van der Waals surface area contributed by atoms with Crippen LogP contribution in [0.25, 0.3) is 0 Å². The summed E-state index contributed by atoms with van der Waals surface area (Å²) in [5.41, 5.74) is 0. The van der Waals surface area contributed by atoms with Crippen LogP contribution in [0.2, 0.25) is 5.15 Å². The number of hydrogen-bond acceptors (Lipinski definition) is 5. The first-order valence-electron chi connectivity index (χ1n) is 6.06. The fourth-order valence-electron chi connectivity index (χ4n) is 1.60. The van der Waals surface area contributed by atoms with E-state index in [2.05, 4.69) is 25.3 Å². The Morgan fingerprint density at radius 2 is 2.32 bits per heavy atom. The second-order valence-electron chi connectivity index (χ2n) is 3.97. The number of rotatable bonds is 6. The van der Waals surface area contributed by atoms with Crippen molar-refractivity contribution in [1.29, 1.82) is 0 Å². The zero-order valence-corrected chi connectivity index (χ0v) is 11.6. The lowest BCUT2D eigenvalue weighted by atomic mass is 10.3. The summed E-state index contributed by atoms with van der Waals surface area (Å²) >= 11 is 5.97. The molecule has 102 valence electrons. The van der Waals surface area contributed by atoms with Crippen LogP contribution in [0.5, 0.6) is 0 Å². The minimum absolute atomic E-state index is 0.000843. The van der Waals surface area contributed by atoms with E-state index in [9.17, 15) is 0 Å². The highest BCUT2D eigenvalue weighted by molar-refractivity contribution is 6.29. The molecule has 7 heteroatoms. The first kappa shape index (κ1) is 13.8. The van der Waals surface area contributed by atoms with Gasteiger partial charge >= 0.3 is 0 Å². The third-order valence-electron chi connectivity index (χ3n) is 2.47. The number of ether oxygens (including phenoxy) is 1. The molecule has 0 amide bonds. The normalized spacial score (nSPS) is 12.4. The summed E-state index contributed by atoms with van der Waals surface area (Å²) in [6, 6.07) is 1.68. The predicted octanol–water partition coefficient (Wildman–Crippen LogP) is 2.56. The van der Waals surface area contributed by atoms with Gasteiger partial charge in [-0.1, -0.05) is 11.6 Å². The fraction of sp³-hybridized carbons (Fsp3) is 0.417. The predicted molar refractivity (Wildman–Crippen MR) is 73.0 cm³/mol. The van der Waals surface area contributed by atoms with Crippen LogP contribution >= 0.6 is 11.6 Å². The maximum atomic E-state index is 5.97. The number of nitrogens with one attached hydrogen (secondary N) is 2. The van der Waals surface area contributed by atoms with E-state index in [1.165, 1.54) is 0 Å². The van der Waals surface area contributed by atoms with Gasteiger partial charge in [-0.05, 0) is 13.8 Å². The van der Waals surface area contributed by atoms with Crippen LogP contribution in [0.3, 0.4) is 0 Å². The average molecular weight is 282 g/mol. The molecule has 0 aliphatic rings. The van der Waals surface area contributed by atoms with Crippen molar-refractivity contribution in [3.63, 3.8) is 0 Å². The van der Waals surface area contributed by atoms with Crippen LogP contribution in [0.15, 0.2) is 18.5 Å². The highest BCUT2D eigenvalue weighted by Crippen LogP contribution is 2.17. The van der Waals surface area contributed by atoms with E-state index in [4.69, 9.17) is 16.3 Å². The fourth-order valence-corrected chi connectivity index (χ4v) is 1.80. The Morgan fingerprint density at radius 1 is 1.47 bits per heavy atom. The quantitative estimate of drug-likeness (QED) is 0.796. The molecule has 2 N–H and O–H groups in total. The molecule has 2 aromatic heterocycles. The Bertz CT molecular complexity index is 517. The minimum atomic E-state index is 0.000843. The number of aromatic nitrogens is 4. The summed E-state index contributed by atoms with van der Waals surface area (Å²) in [6.45, 7) is 4.86. The second-order valence-corrected chi connectivity index (χ2v) is 4.36. The molecule has 0 aliphatic carbocycles. The number of aromatic amines is 1. The smallest absolute Gasteiger partial charge is 0.158 e. The van der Waals surface area contributed by atoms with Gasteiger partial charge in [0, 0.05) is 25.1 Å². The molecule has 2 rings (SSSR count). The van der Waals surface area contributed by atoms with Crippen LogP contribution in [0.1, 0.15) is 31.5 Å². The molecule has 19 heavy (non-hydrogen) atoms. The maximum absolute atomic E-state index is 5.97. The number of hydrogen-bond donors (Lipinski definition) is 2. The van der Waals surface area contributed by atoms with E-state index in [-0.39, 0.29) is 6.04 Å². The number of imidazole rings is 1. The molecule has 1 atom stereocenters. The standard InChI is InChI=1S/C12H16ClN5O/c1-3-19-7-11-17-9(13)6-10(18-11)16-8(2)12-14-4-5-15-12/h4-6,8H,3,7H2,1-2H3,(H,14,15)(H,16,17,18). The summed E-state index contributed by atoms with van der Waals surface area (Å²) in [5, 5.41) is 3.60. The zero-order chi connectivity index (χ0) is 13.7. The summed E-state index contributed by atoms with van der Waals surface area (Å²) in [5.74, 6) is 2.04. The molecule has 0 radical (unpaired) electrons. The van der Waals surface area contributed by atoms with E-state index in [1.54, 1.807) is 18.5 Å². The monoisotopic (exact) mass is 281 g/mol. The second kappa shape index (κ2) is 6.49. The van der Waals surface area contributed by atoms with Crippen molar-refractivity contribution in [1.82, 2.24) is 19.9 Å². The Kier molecular flexibility index (Phi) is 4.70. The Balaban J connectivity index is 2.09. The van der Waals surface area contributed by atoms with Gasteiger partial charge in [0.2, 0.25) is 0 Å². The first-order chi connectivity index (χ1) is 9.19. The summed E-state index contributed by atoms with van der Waals surface area (Å²) in [4.78, 5) is 15.7. The lowest BCUT2D eigenvalue weighted by Crippen LogP contribution is -2.11. The van der Waals surface area contributed by atoms with Gasteiger partial charge in [-0.15, -0.1) is 0 Å². The van der Waals surface area contributed by atoms with E-state index in [0.717, 1.165) is 5.82 Å². The molecule has 0 aliphatic heterocycles. The van der Waals surface area contributed by atoms with E-state index < -0.39 is 0 Å². The van der Waals surface area contributed by atoms with Gasteiger partial charge < -0.3 is 15.0 Å². The van der Waals surface area contributed by atoms with Gasteiger partial charge in [0.15, 0.2) is 5.82 Å². The van der Waals surface area contributed by atoms with Crippen molar-refractivity contribution in [3.8, 4) is 0 Å². The van der Waals surface area contributed by atoms with Gasteiger partial charge in [0.1, 0.15) is 23.4 Å². The minimum Gasteiger partial charge on any atom is -0.374 e. The molecule has 6 nitrogen and oxygen atoms in total. The topological polar surface area (TPSA) is 75.7 Å². The lowest BCUT2D eigenvalue weighted by molar-refractivity contribution is 0.128. The summed E-state index contributed by atoms with van der Waals surface area (Å²) in [7, 11) is 0. The van der Waals surface area contributed by atoms with Gasteiger partial charge in [-0.3, -0.25) is 0 Å². The van der Waals surface area contributed by atoms with Crippen molar-refractivity contribution in [2.75, 3.05) is 11.9 Å². The first-order valence-corrected chi connectivity index (χ1v) is 6.44. The van der Waals surface area contributed by atoms with Crippen LogP contribution in [-0.4, -0.2) is 26.5 Å². The third kappa shape index (κ3) is 3.90. The molecule has 0 bridgehead atoms. The van der Waals surface area contributed by atoms with Crippen LogP contribution < -0.4 is 5.32 Å². The van der Waals surface area contributed by atoms with Crippen molar-refractivity contribution < 1.29 is 4.74 Å². The third-order valence-corrected chi connectivity index (χ3v) is 2.66. The maximum Gasteiger partial charge on any atom is 0.158 e. The SMILES string of the molecule is CCOCc1nc(Cl)cc(NC(C)c2ncc[nH]2)n1. The van der Waals surface area contributed by atoms with Crippen molar-refractivity contribution in [2.45, 2.75) is 26.5 Å². The zero-order valence-electron chi connectivity index (χ0n) is 10.9. The number of anilines is 1. The Morgan fingerprint density at radius 3 is 3.00 bits per heavy atom. The molecule has 0 spiro atoms. The van der Waals surface area contributed by atoms with Gasteiger partial charge in [-0.2, -0.15) is 0 Å². The molecule has 2 aromatic rings. The lowest BCUT2D eigenvalue weighted by Gasteiger charge is -2.13. The molecule has 0 fully saturated rings. The molecular weight excluding hydrogens is 266 g/mol. The van der Waals surface area contributed by atoms with Crippen LogP contribution in [-0.2, 0) is 11.3 Å². The number of H-pyrrole nitrogens is 1. The molecule has 0 aromatic carbocycles. The summed E-state index contributed by atoms with van der Waals surface area (Å²) in [6.07, 6.45) is 3.49.